The molecule has 0 aliphatic rings. The van der Waals surface area contributed by atoms with Crippen molar-refractivity contribution < 1.29 is 45.1 Å². The Bertz CT molecular complexity index is 1810. The summed E-state index contributed by atoms with van der Waals surface area (Å²) in [4.78, 5) is 24.1. The zero-order valence-corrected chi connectivity index (χ0v) is 24.1. The summed E-state index contributed by atoms with van der Waals surface area (Å²) in [5.74, 6) is -5.81. The predicted octanol–water partition coefficient (Wildman–Crippen LogP) is 7.54. The maximum atomic E-state index is 14.9. The molecular weight excluding hydrogens is 629 g/mol. The molecule has 0 aliphatic carbocycles. The van der Waals surface area contributed by atoms with E-state index in [-0.39, 0.29) is 29.7 Å². The number of alkyl halides is 3. The molecule has 0 spiro atoms. The van der Waals surface area contributed by atoms with Crippen LogP contribution < -0.4 is 4.72 Å². The summed E-state index contributed by atoms with van der Waals surface area (Å²) >= 11 is 5.64. The van der Waals surface area contributed by atoms with Gasteiger partial charge >= 0.3 is 12.1 Å². The van der Waals surface area contributed by atoms with E-state index >= 15 is 0 Å². The Labute approximate surface area is 254 Å². The number of ketones is 1. The highest BCUT2D eigenvalue weighted by Gasteiger charge is 2.34. The van der Waals surface area contributed by atoms with Crippen LogP contribution in [0.1, 0.15) is 39.0 Å². The van der Waals surface area contributed by atoms with Crippen molar-refractivity contribution in [1.82, 2.24) is 0 Å². The molecular formula is C31H23ClF5NO5S. The van der Waals surface area contributed by atoms with Crippen LogP contribution in [0.15, 0.2) is 89.8 Å². The first-order valence-corrected chi connectivity index (χ1v) is 14.8. The van der Waals surface area contributed by atoms with Crippen LogP contribution in [0, 0.1) is 17.6 Å². The maximum absolute atomic E-state index is 14.9. The molecule has 4 aromatic carbocycles. The van der Waals surface area contributed by atoms with E-state index in [1.165, 1.54) is 18.2 Å². The van der Waals surface area contributed by atoms with Crippen molar-refractivity contribution in [3.8, 4) is 0 Å². The number of hydrogen-bond donors (Lipinski definition) is 2. The molecule has 13 heteroatoms. The number of nitrogens with one attached hydrogen (secondary N) is 1. The molecule has 0 fully saturated rings. The van der Waals surface area contributed by atoms with Crippen molar-refractivity contribution >= 4 is 39.1 Å². The zero-order chi connectivity index (χ0) is 32.2. The summed E-state index contributed by atoms with van der Waals surface area (Å²) in [7, 11) is -4.68. The van der Waals surface area contributed by atoms with E-state index in [0.29, 0.717) is 17.7 Å². The normalized spacial score (nSPS) is 12.5. The SMILES string of the molecule is O=C(CC(Cc1ccccc1)C(=O)O)c1cccc(NS(=O)(=O)c2ccc(F)c(F)c2Cc2ccc(Cl)c(C(F)(F)F)c2)c1. The first-order chi connectivity index (χ1) is 20.7. The molecule has 44 heavy (non-hydrogen) atoms. The number of carboxylic acids is 1. The van der Waals surface area contributed by atoms with Gasteiger partial charge in [0.15, 0.2) is 17.4 Å². The third kappa shape index (κ3) is 7.80. The van der Waals surface area contributed by atoms with E-state index in [0.717, 1.165) is 24.3 Å². The van der Waals surface area contributed by atoms with Crippen molar-refractivity contribution in [2.45, 2.75) is 30.3 Å². The fourth-order valence-corrected chi connectivity index (χ4v) is 6.05. The first kappa shape index (κ1) is 32.6. The Morgan fingerprint density at radius 3 is 2.25 bits per heavy atom. The smallest absolute Gasteiger partial charge is 0.417 e. The third-order valence-corrected chi connectivity index (χ3v) is 8.50. The Balaban J connectivity index is 1.60. The number of benzene rings is 4. The van der Waals surface area contributed by atoms with E-state index in [1.807, 2.05) is 0 Å². The summed E-state index contributed by atoms with van der Waals surface area (Å²) in [6, 6.07) is 17.8. The van der Waals surface area contributed by atoms with Crippen molar-refractivity contribution in [2.75, 3.05) is 4.72 Å². The lowest BCUT2D eigenvalue weighted by Gasteiger charge is -2.16. The summed E-state index contributed by atoms with van der Waals surface area (Å²) < 4.78 is 98.0. The standard InChI is InChI=1S/C31H23ClF5NO5S/c32-25-10-9-19(15-24(25)31(35,36)37)14-23-28(12-11-26(33)29(23)34)44(42,43)38-22-8-4-7-20(16-22)27(39)17-21(30(40)41)13-18-5-2-1-3-6-18/h1-12,15-16,21,38H,13-14,17H2,(H,40,41). The molecule has 1 unspecified atom stereocenters. The molecule has 0 saturated heterocycles. The van der Waals surface area contributed by atoms with Crippen LogP contribution in [0.2, 0.25) is 5.02 Å². The molecule has 0 bridgehead atoms. The summed E-state index contributed by atoms with van der Waals surface area (Å²) in [5, 5.41) is 9.02. The third-order valence-electron chi connectivity index (χ3n) is 6.70. The van der Waals surface area contributed by atoms with Gasteiger partial charge in [0.2, 0.25) is 0 Å². The lowest BCUT2D eigenvalue weighted by molar-refractivity contribution is -0.141. The molecule has 0 radical (unpaired) electrons. The number of carboxylic acid groups (broad SMARTS) is 1. The largest absolute Gasteiger partial charge is 0.481 e. The Hall–Kier alpha value is -4.29. The quantitative estimate of drug-likeness (QED) is 0.129. The number of carbonyl (C=O) groups is 2. The van der Waals surface area contributed by atoms with Crippen LogP contribution in [0.4, 0.5) is 27.6 Å². The average molecular weight is 652 g/mol. The highest BCUT2D eigenvalue weighted by atomic mass is 35.5. The number of carbonyl (C=O) groups excluding carboxylic acids is 1. The molecule has 2 N–H and O–H groups in total. The Morgan fingerprint density at radius 1 is 0.886 bits per heavy atom. The molecule has 4 rings (SSSR count). The Morgan fingerprint density at radius 2 is 1.59 bits per heavy atom. The van der Waals surface area contributed by atoms with E-state index in [9.17, 15) is 45.1 Å². The van der Waals surface area contributed by atoms with Crippen molar-refractivity contribution in [2.24, 2.45) is 5.92 Å². The van der Waals surface area contributed by atoms with Crippen LogP contribution in [0.5, 0.6) is 0 Å². The highest BCUT2D eigenvalue weighted by Crippen LogP contribution is 2.36. The summed E-state index contributed by atoms with van der Waals surface area (Å²) in [6.45, 7) is 0. The Kier molecular flexibility index (Phi) is 9.75. The van der Waals surface area contributed by atoms with Crippen molar-refractivity contribution in [3.63, 3.8) is 0 Å². The molecule has 0 heterocycles. The van der Waals surface area contributed by atoms with Crippen molar-refractivity contribution in [1.29, 1.82) is 0 Å². The molecule has 1 atom stereocenters. The second kappa shape index (κ2) is 13.1. The zero-order valence-electron chi connectivity index (χ0n) is 22.5. The van der Waals surface area contributed by atoms with Gasteiger partial charge in [0.05, 0.1) is 21.4 Å². The van der Waals surface area contributed by atoms with Gasteiger partial charge < -0.3 is 5.11 Å². The summed E-state index contributed by atoms with van der Waals surface area (Å²) in [6.07, 6.45) is -5.87. The topological polar surface area (TPSA) is 101 Å². The van der Waals surface area contributed by atoms with Gasteiger partial charge in [0.1, 0.15) is 0 Å². The number of Topliss-reactive ketones (excluding diaryl/α,β-unsaturated/α-hetero) is 1. The van der Waals surface area contributed by atoms with Crippen LogP contribution in [0.3, 0.4) is 0 Å². The average Bonchev–Trinajstić information content (AvgIpc) is 2.95. The lowest BCUT2D eigenvalue weighted by Crippen LogP contribution is -2.21. The van der Waals surface area contributed by atoms with Gasteiger partial charge in [-0.3, -0.25) is 14.3 Å². The molecule has 0 saturated carbocycles. The fourth-order valence-electron chi connectivity index (χ4n) is 4.55. The molecule has 4 aromatic rings. The fraction of sp³-hybridized carbons (Fsp3) is 0.161. The number of rotatable bonds is 11. The molecule has 6 nitrogen and oxygen atoms in total. The van der Waals surface area contributed by atoms with Gasteiger partial charge in [-0.1, -0.05) is 60.1 Å². The van der Waals surface area contributed by atoms with E-state index < -0.39 is 73.0 Å². The number of aliphatic carboxylic acids is 1. The number of sulfonamides is 1. The number of hydrogen-bond acceptors (Lipinski definition) is 4. The van der Waals surface area contributed by atoms with Gasteiger partial charge in [-0.25, -0.2) is 17.2 Å². The minimum atomic E-state index is -4.85. The van der Waals surface area contributed by atoms with Crippen LogP contribution in [-0.4, -0.2) is 25.3 Å². The lowest BCUT2D eigenvalue weighted by atomic mass is 9.92. The van der Waals surface area contributed by atoms with Gasteiger partial charge in [-0.15, -0.1) is 0 Å². The van der Waals surface area contributed by atoms with Gasteiger partial charge in [0, 0.05) is 29.7 Å². The van der Waals surface area contributed by atoms with E-state index in [4.69, 9.17) is 11.6 Å². The van der Waals surface area contributed by atoms with E-state index in [2.05, 4.69) is 4.72 Å². The minimum absolute atomic E-state index is 0.00383. The molecule has 230 valence electrons. The molecule has 0 aromatic heterocycles. The van der Waals surface area contributed by atoms with Crippen LogP contribution >= 0.6 is 11.6 Å². The number of anilines is 1. The van der Waals surface area contributed by atoms with Crippen LogP contribution in [-0.2, 0) is 33.8 Å². The molecule has 0 amide bonds. The van der Waals surface area contributed by atoms with Crippen molar-refractivity contribution in [3.05, 3.63) is 129 Å². The van der Waals surface area contributed by atoms with Gasteiger partial charge in [0.25, 0.3) is 10.0 Å². The first-order valence-electron chi connectivity index (χ1n) is 12.9. The monoisotopic (exact) mass is 651 g/mol. The minimum Gasteiger partial charge on any atom is -0.481 e. The second-order valence-electron chi connectivity index (χ2n) is 9.87. The van der Waals surface area contributed by atoms with E-state index in [1.54, 1.807) is 30.3 Å². The predicted molar refractivity (Wildman–Crippen MR) is 153 cm³/mol. The number of halogens is 6. The second-order valence-corrected chi connectivity index (χ2v) is 11.9. The summed E-state index contributed by atoms with van der Waals surface area (Å²) in [5.41, 5.74) is -1.58. The van der Waals surface area contributed by atoms with Gasteiger partial charge in [-0.2, -0.15) is 13.2 Å². The maximum Gasteiger partial charge on any atom is 0.417 e. The highest BCUT2D eigenvalue weighted by molar-refractivity contribution is 7.92. The van der Waals surface area contributed by atoms with Crippen LogP contribution in [0.25, 0.3) is 0 Å². The van der Waals surface area contributed by atoms with Gasteiger partial charge in [-0.05, 0) is 53.9 Å². The molecule has 0 aliphatic heterocycles.